The van der Waals surface area contributed by atoms with Crippen molar-refractivity contribution in [3.63, 3.8) is 0 Å². The molecule has 2 aliphatic rings. The minimum atomic E-state index is -0.411. The van der Waals surface area contributed by atoms with Gasteiger partial charge < -0.3 is 9.80 Å². The van der Waals surface area contributed by atoms with Gasteiger partial charge in [0.15, 0.2) is 11.5 Å². The van der Waals surface area contributed by atoms with E-state index in [0.717, 1.165) is 46.1 Å². The first kappa shape index (κ1) is 23.6. The van der Waals surface area contributed by atoms with Gasteiger partial charge in [-0.3, -0.25) is 14.1 Å². The highest BCUT2D eigenvalue weighted by Gasteiger charge is 2.26. The summed E-state index contributed by atoms with van der Waals surface area (Å²) in [5.74, 6) is -0.411. The van der Waals surface area contributed by atoms with Crippen LogP contribution in [0.2, 0.25) is 0 Å². The van der Waals surface area contributed by atoms with E-state index in [1.54, 1.807) is 15.3 Å². The van der Waals surface area contributed by atoms with E-state index < -0.39 is 5.82 Å². The second-order valence-corrected chi connectivity index (χ2v) is 11.3. The molecule has 8 nitrogen and oxygen atoms in total. The van der Waals surface area contributed by atoms with Crippen LogP contribution >= 0.6 is 11.8 Å². The number of likely N-dealkylation sites (tertiary alicyclic amines) is 1. The van der Waals surface area contributed by atoms with Gasteiger partial charge in [-0.25, -0.2) is 4.39 Å². The topological polar surface area (TPSA) is 67.4 Å². The number of halogens is 1. The molecule has 0 aliphatic carbocycles. The van der Waals surface area contributed by atoms with Gasteiger partial charge in [0, 0.05) is 60.0 Å². The molecule has 38 heavy (non-hydrogen) atoms. The van der Waals surface area contributed by atoms with Crippen LogP contribution < -0.4 is 4.90 Å². The Morgan fingerprint density at radius 3 is 2.55 bits per heavy atom. The zero-order chi connectivity index (χ0) is 25.6. The minimum Gasteiger partial charge on any atom is -0.370 e. The number of benzene rings is 1. The lowest BCUT2D eigenvalue weighted by Crippen LogP contribution is -2.43. The molecular formula is C28H29FN8S. The van der Waals surface area contributed by atoms with Gasteiger partial charge in [-0.1, -0.05) is 0 Å². The molecule has 6 heterocycles. The van der Waals surface area contributed by atoms with Crippen molar-refractivity contribution in [2.45, 2.75) is 41.8 Å². The summed E-state index contributed by atoms with van der Waals surface area (Å²) in [7, 11) is 1.84. The molecule has 4 aromatic heterocycles. The van der Waals surface area contributed by atoms with Gasteiger partial charge in [-0.15, -0.1) is 10.2 Å². The highest BCUT2D eigenvalue weighted by molar-refractivity contribution is 7.99. The molecule has 1 aromatic carbocycles. The van der Waals surface area contributed by atoms with E-state index in [4.69, 9.17) is 4.98 Å². The van der Waals surface area contributed by atoms with Gasteiger partial charge >= 0.3 is 0 Å². The fourth-order valence-corrected chi connectivity index (χ4v) is 6.62. The summed E-state index contributed by atoms with van der Waals surface area (Å²) in [6.07, 6.45) is 12.6. The maximum absolute atomic E-state index is 14.9. The molecular weight excluding hydrogens is 499 g/mol. The maximum atomic E-state index is 14.9. The van der Waals surface area contributed by atoms with E-state index in [1.807, 2.05) is 37.8 Å². The van der Waals surface area contributed by atoms with Gasteiger partial charge in [-0.2, -0.15) is 5.10 Å². The molecule has 10 heteroatoms. The molecule has 0 saturated carbocycles. The van der Waals surface area contributed by atoms with E-state index in [1.165, 1.54) is 62.3 Å². The lowest BCUT2D eigenvalue weighted by molar-refractivity contribution is 0.208. The quantitative estimate of drug-likeness (QED) is 0.317. The number of fused-ring (bicyclic) bond motifs is 2. The highest BCUT2D eigenvalue weighted by Crippen LogP contribution is 2.32. The Morgan fingerprint density at radius 1 is 0.921 bits per heavy atom. The second kappa shape index (κ2) is 9.67. The Labute approximate surface area is 224 Å². The first-order valence-electron chi connectivity index (χ1n) is 13.2. The number of rotatable bonds is 5. The lowest BCUT2D eigenvalue weighted by Gasteiger charge is -2.37. The van der Waals surface area contributed by atoms with Crippen LogP contribution in [0.1, 0.15) is 25.7 Å². The molecule has 2 fully saturated rings. The van der Waals surface area contributed by atoms with Crippen LogP contribution in [0.25, 0.3) is 27.7 Å². The number of aryl methyl sites for hydroxylation is 1. The normalized spacial score (nSPS) is 17.3. The van der Waals surface area contributed by atoms with Crippen LogP contribution in [0, 0.1) is 5.82 Å². The van der Waals surface area contributed by atoms with Crippen molar-refractivity contribution in [3.05, 3.63) is 60.9 Å². The Kier molecular flexibility index (Phi) is 6.01. The van der Waals surface area contributed by atoms with Gasteiger partial charge in [0.1, 0.15) is 0 Å². The lowest BCUT2D eigenvalue weighted by atomic mass is 10.0. The van der Waals surface area contributed by atoms with E-state index in [2.05, 4.69) is 37.2 Å². The first-order chi connectivity index (χ1) is 18.6. The average Bonchev–Trinajstić information content (AvgIpc) is 3.71. The third-order valence-electron chi connectivity index (χ3n) is 7.80. The summed E-state index contributed by atoms with van der Waals surface area (Å²) in [5.41, 5.74) is 3.91. The van der Waals surface area contributed by atoms with E-state index >= 15 is 0 Å². The zero-order valence-electron chi connectivity index (χ0n) is 21.3. The number of nitrogens with zero attached hydrogens (tertiary/aromatic N) is 8. The third kappa shape index (κ3) is 4.41. The summed E-state index contributed by atoms with van der Waals surface area (Å²) in [6.45, 7) is 4.67. The van der Waals surface area contributed by atoms with Crippen molar-refractivity contribution in [3.8, 4) is 11.1 Å². The molecule has 0 spiro atoms. The van der Waals surface area contributed by atoms with Gasteiger partial charge in [0.05, 0.1) is 23.6 Å². The molecule has 5 aromatic rings. The molecule has 2 aliphatic heterocycles. The summed E-state index contributed by atoms with van der Waals surface area (Å²) >= 11 is 1.47. The minimum absolute atomic E-state index is 0.210. The van der Waals surface area contributed by atoms with Crippen LogP contribution in [0.15, 0.2) is 65.2 Å². The van der Waals surface area contributed by atoms with Crippen LogP contribution in [0.3, 0.4) is 0 Å². The third-order valence-corrected chi connectivity index (χ3v) is 8.75. The fourth-order valence-electron chi connectivity index (χ4n) is 5.77. The van der Waals surface area contributed by atoms with Crippen molar-refractivity contribution in [2.24, 2.45) is 7.05 Å². The fraction of sp³-hybridized carbons (Fsp3) is 0.357. The summed E-state index contributed by atoms with van der Waals surface area (Å²) in [5, 5.41) is 14.3. The van der Waals surface area contributed by atoms with Crippen LogP contribution in [0.4, 0.5) is 10.1 Å². The SMILES string of the molecule is Cn1cc(-c2cc(F)c3nnc(Sc4ccc5ncc(N6CCC(N7CCCC7)CC6)cc5c4)n3c2)cn1. The van der Waals surface area contributed by atoms with Crippen molar-refractivity contribution < 1.29 is 4.39 Å². The van der Waals surface area contributed by atoms with Crippen molar-refractivity contribution >= 4 is 34.0 Å². The van der Waals surface area contributed by atoms with Crippen molar-refractivity contribution in [2.75, 3.05) is 31.1 Å². The van der Waals surface area contributed by atoms with Gasteiger partial charge in [0.25, 0.3) is 0 Å². The molecule has 0 amide bonds. The predicted molar refractivity (Wildman–Crippen MR) is 147 cm³/mol. The molecule has 0 N–H and O–H groups in total. The molecule has 0 unspecified atom stereocenters. The summed E-state index contributed by atoms with van der Waals surface area (Å²) in [4.78, 5) is 10.9. The van der Waals surface area contributed by atoms with Crippen LogP contribution in [0.5, 0.6) is 0 Å². The standard InChI is InChI=1S/C28H29FN8S/c1-34-17-21(15-31-34)20-14-25(29)27-32-33-28(37(27)18-20)38-24-4-5-26-19(13-24)12-23(16-30-26)36-10-6-22(7-11-36)35-8-2-3-9-35/h4-5,12-18,22H,2-3,6-11H2,1H3. The predicted octanol–water partition coefficient (Wildman–Crippen LogP) is 5.03. The van der Waals surface area contributed by atoms with E-state index in [9.17, 15) is 4.39 Å². The van der Waals surface area contributed by atoms with Crippen molar-refractivity contribution in [1.29, 1.82) is 0 Å². The first-order valence-corrected chi connectivity index (χ1v) is 14.0. The second-order valence-electron chi connectivity index (χ2n) is 10.3. The molecule has 0 bridgehead atoms. The molecule has 7 rings (SSSR count). The van der Waals surface area contributed by atoms with Crippen LogP contribution in [-0.2, 0) is 7.05 Å². The number of piperidine rings is 1. The Balaban J connectivity index is 1.13. The number of hydrogen-bond donors (Lipinski definition) is 0. The van der Waals surface area contributed by atoms with Crippen LogP contribution in [-0.4, -0.2) is 66.5 Å². The Morgan fingerprint density at radius 2 is 1.76 bits per heavy atom. The molecule has 0 radical (unpaired) electrons. The molecule has 0 atom stereocenters. The number of pyridine rings is 2. The summed E-state index contributed by atoms with van der Waals surface area (Å²) < 4.78 is 18.3. The number of aromatic nitrogens is 6. The summed E-state index contributed by atoms with van der Waals surface area (Å²) in [6, 6.07) is 10.6. The smallest absolute Gasteiger partial charge is 0.200 e. The zero-order valence-corrected chi connectivity index (χ0v) is 22.1. The Bertz CT molecular complexity index is 1610. The Hall–Kier alpha value is -3.50. The maximum Gasteiger partial charge on any atom is 0.200 e. The van der Waals surface area contributed by atoms with E-state index in [0.29, 0.717) is 5.16 Å². The van der Waals surface area contributed by atoms with E-state index in [-0.39, 0.29) is 5.65 Å². The molecule has 194 valence electrons. The average molecular weight is 529 g/mol. The molecule has 2 saturated heterocycles. The monoisotopic (exact) mass is 528 g/mol. The highest BCUT2D eigenvalue weighted by atomic mass is 32.2. The van der Waals surface area contributed by atoms with Gasteiger partial charge in [0.2, 0.25) is 5.16 Å². The number of anilines is 1. The van der Waals surface area contributed by atoms with Gasteiger partial charge in [-0.05, 0) is 80.9 Å². The number of hydrogen-bond acceptors (Lipinski definition) is 7. The van der Waals surface area contributed by atoms with Crippen molar-refractivity contribution in [1.82, 2.24) is 34.3 Å². The largest absolute Gasteiger partial charge is 0.370 e.